The zero-order chi connectivity index (χ0) is 31.8. The molecule has 234 valence electrons. The van der Waals surface area contributed by atoms with Crippen LogP contribution in [0.4, 0.5) is 4.79 Å². The highest BCUT2D eigenvalue weighted by Gasteiger charge is 2.50. The Labute approximate surface area is 262 Å². The number of epoxide rings is 1. The van der Waals surface area contributed by atoms with Crippen LogP contribution in [0.25, 0.3) is 10.9 Å². The molecular formula is C36H39N3O6. The molecule has 1 unspecified atom stereocenters. The number of Topliss-reactive ketones (excluding diaryl/α,β-unsaturated/α-hetero) is 2. The van der Waals surface area contributed by atoms with E-state index in [1.165, 1.54) is 0 Å². The number of ketones is 2. The molecule has 1 aliphatic rings. The number of carbonyl (C=O) groups excluding carboxylic acids is 4. The summed E-state index contributed by atoms with van der Waals surface area (Å²) in [4.78, 5) is 56.9. The highest BCUT2D eigenvalue weighted by Crippen LogP contribution is 2.30. The summed E-state index contributed by atoms with van der Waals surface area (Å²) in [7, 11) is 0. The molecule has 9 heteroatoms. The highest BCUT2D eigenvalue weighted by atomic mass is 16.6. The summed E-state index contributed by atoms with van der Waals surface area (Å²) in [6.45, 7) is 3.89. The molecule has 3 N–H and O–H groups in total. The van der Waals surface area contributed by atoms with Gasteiger partial charge in [0, 0.05) is 29.4 Å². The molecule has 3 aromatic carbocycles. The van der Waals surface area contributed by atoms with E-state index in [2.05, 4.69) is 15.6 Å². The van der Waals surface area contributed by atoms with Crippen LogP contribution < -0.4 is 10.6 Å². The molecule has 4 atom stereocenters. The summed E-state index contributed by atoms with van der Waals surface area (Å²) < 4.78 is 10.8. The fourth-order valence-corrected chi connectivity index (χ4v) is 5.49. The van der Waals surface area contributed by atoms with Crippen LogP contribution in [0.1, 0.15) is 43.4 Å². The molecule has 1 aromatic heterocycles. The molecule has 0 bridgehead atoms. The minimum atomic E-state index is -0.938. The normalized spacial score (nSPS) is 17.6. The Morgan fingerprint density at radius 3 is 2.18 bits per heavy atom. The van der Waals surface area contributed by atoms with Gasteiger partial charge in [0.1, 0.15) is 12.2 Å². The lowest BCUT2D eigenvalue weighted by Gasteiger charge is -2.24. The van der Waals surface area contributed by atoms with Gasteiger partial charge in [-0.25, -0.2) is 4.79 Å². The van der Waals surface area contributed by atoms with Crippen molar-refractivity contribution in [1.29, 1.82) is 0 Å². The Bertz CT molecular complexity index is 1630. The fourth-order valence-electron chi connectivity index (χ4n) is 5.49. The topological polar surface area (TPSA) is 130 Å². The first-order chi connectivity index (χ1) is 21.8. The Morgan fingerprint density at radius 1 is 0.867 bits per heavy atom. The van der Waals surface area contributed by atoms with Crippen LogP contribution in [0.3, 0.4) is 0 Å². The zero-order valence-electron chi connectivity index (χ0n) is 25.6. The van der Waals surface area contributed by atoms with Gasteiger partial charge in [0.2, 0.25) is 5.91 Å². The lowest BCUT2D eigenvalue weighted by Crippen LogP contribution is -2.50. The molecular weight excluding hydrogens is 570 g/mol. The van der Waals surface area contributed by atoms with Gasteiger partial charge >= 0.3 is 6.09 Å². The minimum Gasteiger partial charge on any atom is -0.445 e. The standard InChI is InChI=1S/C36H39N3O6/c1-3-29(39-35(43)44-22-25-14-8-5-9-15-25)32(40)20-26(19-27-21-37-30-17-11-10-16-28(27)30)34(42)38-31(33(41)36(2)23-45-36)18-24-12-6-4-7-13-24/h4-17,21,26,29,31,37H,3,18-20,22-23H2,1-2H3,(H,38,42)(H,39,43)/t26-,29-,31+,36?/m1/s1. The van der Waals surface area contributed by atoms with E-state index < -0.39 is 35.6 Å². The van der Waals surface area contributed by atoms with Crippen molar-refractivity contribution in [2.75, 3.05) is 6.61 Å². The SMILES string of the molecule is CC[C@@H](NC(=O)OCc1ccccc1)C(=O)C[C@@H](Cc1c[nH]c2ccccc12)C(=O)N[C@@H](Cc1ccccc1)C(=O)C1(C)CO1. The summed E-state index contributed by atoms with van der Waals surface area (Å²) in [5.74, 6) is -1.70. The number of aromatic nitrogens is 1. The van der Waals surface area contributed by atoms with E-state index in [9.17, 15) is 19.2 Å². The maximum Gasteiger partial charge on any atom is 0.408 e. The minimum absolute atomic E-state index is 0.0718. The van der Waals surface area contributed by atoms with Gasteiger partial charge in [-0.05, 0) is 48.9 Å². The smallest absolute Gasteiger partial charge is 0.408 e. The van der Waals surface area contributed by atoms with Gasteiger partial charge < -0.3 is 25.1 Å². The first-order valence-corrected chi connectivity index (χ1v) is 15.3. The summed E-state index contributed by atoms with van der Waals surface area (Å²) in [5.41, 5.74) is 2.58. The third-order valence-corrected chi connectivity index (χ3v) is 8.28. The third kappa shape index (κ3) is 8.25. The van der Waals surface area contributed by atoms with Gasteiger partial charge in [0.25, 0.3) is 0 Å². The van der Waals surface area contributed by atoms with Gasteiger partial charge in [0.15, 0.2) is 11.6 Å². The number of benzene rings is 3. The Morgan fingerprint density at radius 2 is 1.51 bits per heavy atom. The molecule has 1 fully saturated rings. The van der Waals surface area contributed by atoms with Crippen molar-refractivity contribution < 1.29 is 28.7 Å². The van der Waals surface area contributed by atoms with E-state index >= 15 is 0 Å². The van der Waals surface area contributed by atoms with Crippen LogP contribution in [-0.2, 0) is 43.3 Å². The number of fused-ring (bicyclic) bond motifs is 1. The Kier molecular flexibility index (Phi) is 10.1. The average Bonchev–Trinajstić information content (AvgIpc) is 3.69. The molecule has 0 saturated carbocycles. The molecule has 5 rings (SSSR count). The first kappa shape index (κ1) is 31.7. The summed E-state index contributed by atoms with van der Waals surface area (Å²) >= 11 is 0. The van der Waals surface area contributed by atoms with E-state index in [4.69, 9.17) is 9.47 Å². The summed E-state index contributed by atoms with van der Waals surface area (Å²) in [6, 6.07) is 24.8. The number of nitrogens with one attached hydrogen (secondary N) is 3. The van der Waals surface area contributed by atoms with Gasteiger partial charge in [-0.1, -0.05) is 85.8 Å². The number of alkyl carbamates (subject to hydrolysis) is 1. The van der Waals surface area contributed by atoms with E-state index in [0.29, 0.717) is 19.4 Å². The second-order valence-corrected chi connectivity index (χ2v) is 11.7. The molecule has 0 spiro atoms. The van der Waals surface area contributed by atoms with Crippen LogP contribution in [0, 0.1) is 5.92 Å². The molecule has 4 aromatic rings. The lowest BCUT2D eigenvalue weighted by atomic mass is 9.89. The molecule has 1 aliphatic heterocycles. The van der Waals surface area contributed by atoms with Gasteiger partial charge in [0.05, 0.1) is 18.7 Å². The lowest BCUT2D eigenvalue weighted by molar-refractivity contribution is -0.134. The zero-order valence-corrected chi connectivity index (χ0v) is 25.6. The van der Waals surface area contributed by atoms with E-state index in [1.807, 2.05) is 91.1 Å². The molecule has 45 heavy (non-hydrogen) atoms. The van der Waals surface area contributed by atoms with Crippen molar-refractivity contribution in [2.45, 2.75) is 63.8 Å². The number of ether oxygens (including phenoxy) is 2. The molecule has 2 amide bonds. The second kappa shape index (κ2) is 14.3. The number of amides is 2. The number of hydrogen-bond acceptors (Lipinski definition) is 6. The van der Waals surface area contributed by atoms with Crippen molar-refractivity contribution in [3.8, 4) is 0 Å². The fraction of sp³-hybridized carbons (Fsp3) is 0.333. The van der Waals surface area contributed by atoms with E-state index in [1.54, 1.807) is 13.8 Å². The number of carbonyl (C=O) groups is 4. The molecule has 9 nitrogen and oxygen atoms in total. The molecule has 2 heterocycles. The van der Waals surface area contributed by atoms with Crippen molar-refractivity contribution in [1.82, 2.24) is 15.6 Å². The molecule has 0 radical (unpaired) electrons. The number of H-pyrrole nitrogens is 1. The average molecular weight is 610 g/mol. The van der Waals surface area contributed by atoms with E-state index in [-0.39, 0.29) is 31.0 Å². The predicted molar refractivity (Wildman–Crippen MR) is 170 cm³/mol. The largest absolute Gasteiger partial charge is 0.445 e. The van der Waals surface area contributed by atoms with Crippen molar-refractivity contribution in [3.05, 3.63) is 108 Å². The maximum absolute atomic E-state index is 14.0. The van der Waals surface area contributed by atoms with Crippen molar-refractivity contribution in [2.24, 2.45) is 5.92 Å². The number of hydrogen-bond donors (Lipinski definition) is 3. The number of aromatic amines is 1. The maximum atomic E-state index is 14.0. The van der Waals surface area contributed by atoms with Crippen molar-refractivity contribution >= 4 is 34.5 Å². The third-order valence-electron chi connectivity index (χ3n) is 8.28. The van der Waals surface area contributed by atoms with Crippen LogP contribution in [-0.4, -0.2) is 52.8 Å². The number of para-hydroxylation sites is 1. The molecule has 0 aliphatic carbocycles. The van der Waals surface area contributed by atoms with Gasteiger partial charge in [-0.15, -0.1) is 0 Å². The quantitative estimate of drug-likeness (QED) is 0.161. The van der Waals surface area contributed by atoms with Crippen LogP contribution >= 0.6 is 0 Å². The van der Waals surface area contributed by atoms with E-state index in [0.717, 1.165) is 27.6 Å². The first-order valence-electron chi connectivity index (χ1n) is 15.3. The Hall–Kier alpha value is -4.76. The van der Waals surface area contributed by atoms with Crippen LogP contribution in [0.2, 0.25) is 0 Å². The summed E-state index contributed by atoms with van der Waals surface area (Å²) in [6.07, 6.45) is 1.88. The van der Waals surface area contributed by atoms with Gasteiger partial charge in [-0.2, -0.15) is 0 Å². The molecule has 1 saturated heterocycles. The highest BCUT2D eigenvalue weighted by molar-refractivity contribution is 5.98. The van der Waals surface area contributed by atoms with Gasteiger partial charge in [-0.3, -0.25) is 14.4 Å². The number of rotatable bonds is 15. The van der Waals surface area contributed by atoms with Crippen LogP contribution in [0.5, 0.6) is 0 Å². The second-order valence-electron chi connectivity index (χ2n) is 11.7. The predicted octanol–water partition coefficient (Wildman–Crippen LogP) is 5.08. The summed E-state index contributed by atoms with van der Waals surface area (Å²) in [5, 5.41) is 6.59. The Balaban J connectivity index is 1.33. The van der Waals surface area contributed by atoms with Crippen molar-refractivity contribution in [3.63, 3.8) is 0 Å². The monoisotopic (exact) mass is 609 g/mol. The van der Waals surface area contributed by atoms with Crippen LogP contribution in [0.15, 0.2) is 91.1 Å².